The Morgan fingerprint density at radius 3 is 2.47 bits per heavy atom. The first-order valence-corrected chi connectivity index (χ1v) is 4.09. The zero-order valence-electron chi connectivity index (χ0n) is 7.57. The maximum Gasteiger partial charge on any atom is 0.269 e. The Kier molecular flexibility index (Phi) is 2.05. The number of rotatable bonds is 2. The molecule has 0 unspecified atom stereocenters. The molecule has 0 saturated heterocycles. The third-order valence-corrected chi connectivity index (χ3v) is 1.91. The minimum Gasteiger partial charge on any atom is -0.368 e. The van der Waals surface area contributed by atoms with E-state index >= 15 is 0 Å². The molecule has 0 saturated carbocycles. The molecule has 1 aromatic heterocycles. The first-order chi connectivity index (χ1) is 7.18. The van der Waals surface area contributed by atoms with Crippen molar-refractivity contribution in [2.75, 3.05) is 5.73 Å². The van der Waals surface area contributed by atoms with Crippen LogP contribution in [0.15, 0.2) is 30.6 Å². The molecule has 0 aliphatic rings. The zero-order chi connectivity index (χ0) is 10.8. The largest absolute Gasteiger partial charge is 0.368 e. The van der Waals surface area contributed by atoms with Gasteiger partial charge in [0.25, 0.3) is 5.69 Å². The molecule has 0 bridgehead atoms. The van der Waals surface area contributed by atoms with Crippen molar-refractivity contribution in [2.24, 2.45) is 0 Å². The van der Waals surface area contributed by atoms with Gasteiger partial charge in [-0.1, -0.05) is 0 Å². The average Bonchev–Trinajstić information content (AvgIpc) is 2.65. The van der Waals surface area contributed by atoms with Crippen LogP contribution in [0.1, 0.15) is 0 Å². The van der Waals surface area contributed by atoms with Gasteiger partial charge in [-0.05, 0) is 12.1 Å². The van der Waals surface area contributed by atoms with E-state index in [1.54, 1.807) is 12.1 Å². The number of nitrogens with two attached hydrogens (primary N) is 1. The summed E-state index contributed by atoms with van der Waals surface area (Å²) in [4.78, 5) is 9.96. The molecule has 2 aromatic rings. The smallest absolute Gasteiger partial charge is 0.269 e. The number of nitrogens with zero attached hydrogens (tertiary/aromatic N) is 4. The summed E-state index contributed by atoms with van der Waals surface area (Å²) in [6, 6.07) is 5.96. The van der Waals surface area contributed by atoms with E-state index in [-0.39, 0.29) is 11.6 Å². The molecule has 0 aliphatic heterocycles. The van der Waals surface area contributed by atoms with E-state index in [0.717, 1.165) is 0 Å². The third-order valence-electron chi connectivity index (χ3n) is 1.91. The van der Waals surface area contributed by atoms with Gasteiger partial charge in [-0.25, -0.2) is 0 Å². The topological polar surface area (TPSA) is 99.9 Å². The Balaban J connectivity index is 2.40. The van der Waals surface area contributed by atoms with E-state index in [1.807, 2.05) is 0 Å². The second-order valence-corrected chi connectivity index (χ2v) is 2.83. The SMILES string of the molecule is Nc1nncn1-c1ccc([N+](=O)[O-])cc1. The van der Waals surface area contributed by atoms with Crippen molar-refractivity contribution in [1.82, 2.24) is 14.8 Å². The molecule has 0 radical (unpaired) electrons. The monoisotopic (exact) mass is 205 g/mol. The Labute approximate surface area is 84.3 Å². The molecule has 0 spiro atoms. The highest BCUT2D eigenvalue weighted by molar-refractivity contribution is 5.43. The molecule has 15 heavy (non-hydrogen) atoms. The molecule has 7 heteroatoms. The average molecular weight is 205 g/mol. The fourth-order valence-electron chi connectivity index (χ4n) is 1.18. The molecular weight excluding hydrogens is 198 g/mol. The first-order valence-electron chi connectivity index (χ1n) is 4.09. The van der Waals surface area contributed by atoms with Gasteiger partial charge in [0.2, 0.25) is 5.95 Å². The summed E-state index contributed by atoms with van der Waals surface area (Å²) in [5.74, 6) is 0.240. The molecule has 1 heterocycles. The van der Waals surface area contributed by atoms with E-state index < -0.39 is 4.92 Å². The van der Waals surface area contributed by atoms with Gasteiger partial charge < -0.3 is 5.73 Å². The van der Waals surface area contributed by atoms with Gasteiger partial charge >= 0.3 is 0 Å². The lowest BCUT2D eigenvalue weighted by molar-refractivity contribution is -0.384. The number of anilines is 1. The van der Waals surface area contributed by atoms with Crippen LogP contribution in [-0.4, -0.2) is 19.7 Å². The van der Waals surface area contributed by atoms with E-state index in [4.69, 9.17) is 5.73 Å². The van der Waals surface area contributed by atoms with Crippen molar-refractivity contribution in [3.8, 4) is 5.69 Å². The molecule has 0 aliphatic carbocycles. The molecule has 1 aromatic carbocycles. The van der Waals surface area contributed by atoms with Gasteiger partial charge in [-0.3, -0.25) is 14.7 Å². The highest BCUT2D eigenvalue weighted by atomic mass is 16.6. The van der Waals surface area contributed by atoms with E-state index in [1.165, 1.54) is 23.0 Å². The van der Waals surface area contributed by atoms with Crippen LogP contribution in [-0.2, 0) is 0 Å². The van der Waals surface area contributed by atoms with Gasteiger partial charge in [-0.15, -0.1) is 10.2 Å². The van der Waals surface area contributed by atoms with Crippen LogP contribution in [0.2, 0.25) is 0 Å². The third kappa shape index (κ3) is 1.62. The lowest BCUT2D eigenvalue weighted by Gasteiger charge is -2.01. The zero-order valence-corrected chi connectivity index (χ0v) is 7.57. The van der Waals surface area contributed by atoms with E-state index in [0.29, 0.717) is 5.69 Å². The molecule has 0 amide bonds. The summed E-state index contributed by atoms with van der Waals surface area (Å²) >= 11 is 0. The van der Waals surface area contributed by atoms with Crippen LogP contribution in [0.3, 0.4) is 0 Å². The normalized spacial score (nSPS) is 10.1. The summed E-state index contributed by atoms with van der Waals surface area (Å²) in [6.45, 7) is 0. The second-order valence-electron chi connectivity index (χ2n) is 2.83. The van der Waals surface area contributed by atoms with Crippen LogP contribution in [0.25, 0.3) is 5.69 Å². The fraction of sp³-hybridized carbons (Fsp3) is 0. The number of hydrogen-bond acceptors (Lipinski definition) is 5. The number of non-ortho nitro benzene ring substituents is 1. The molecule has 0 atom stereocenters. The molecule has 2 N–H and O–H groups in total. The van der Waals surface area contributed by atoms with Crippen LogP contribution in [0, 0.1) is 10.1 Å². The van der Waals surface area contributed by atoms with Gasteiger partial charge in [-0.2, -0.15) is 0 Å². The minimum absolute atomic E-state index is 0.0328. The number of nitrogen functional groups attached to an aromatic ring is 1. The van der Waals surface area contributed by atoms with Gasteiger partial charge in [0.05, 0.1) is 10.6 Å². The number of hydrogen-bond donors (Lipinski definition) is 1. The maximum atomic E-state index is 10.4. The Hall–Kier alpha value is -2.44. The first kappa shape index (κ1) is 9.13. The predicted molar refractivity (Wildman–Crippen MR) is 52.4 cm³/mol. The summed E-state index contributed by atoms with van der Waals surface area (Å²) < 4.78 is 1.53. The Morgan fingerprint density at radius 2 is 2.00 bits per heavy atom. The number of nitro groups is 1. The second kappa shape index (κ2) is 3.37. The number of benzene rings is 1. The van der Waals surface area contributed by atoms with Crippen molar-refractivity contribution in [2.45, 2.75) is 0 Å². The van der Waals surface area contributed by atoms with Crippen LogP contribution >= 0.6 is 0 Å². The van der Waals surface area contributed by atoms with Gasteiger partial charge in [0.15, 0.2) is 0 Å². The molecule has 2 rings (SSSR count). The Morgan fingerprint density at radius 1 is 1.33 bits per heavy atom. The number of nitro benzene ring substituents is 1. The lowest BCUT2D eigenvalue weighted by Crippen LogP contribution is -1.99. The molecular formula is C8H7N5O2. The molecule has 76 valence electrons. The van der Waals surface area contributed by atoms with Gasteiger partial charge in [0, 0.05) is 12.1 Å². The van der Waals surface area contributed by atoms with Crippen molar-refractivity contribution < 1.29 is 4.92 Å². The van der Waals surface area contributed by atoms with Crippen molar-refractivity contribution in [1.29, 1.82) is 0 Å². The minimum atomic E-state index is -0.459. The summed E-state index contributed by atoms with van der Waals surface area (Å²) in [5, 5.41) is 17.6. The Bertz CT molecular complexity index is 490. The summed E-state index contributed by atoms with van der Waals surface area (Å²) in [5.41, 5.74) is 6.24. The summed E-state index contributed by atoms with van der Waals surface area (Å²) in [6.07, 6.45) is 1.44. The van der Waals surface area contributed by atoms with Crippen molar-refractivity contribution in [3.63, 3.8) is 0 Å². The van der Waals surface area contributed by atoms with Crippen LogP contribution in [0.5, 0.6) is 0 Å². The van der Waals surface area contributed by atoms with Crippen LogP contribution < -0.4 is 5.73 Å². The maximum absolute atomic E-state index is 10.4. The van der Waals surface area contributed by atoms with Crippen LogP contribution in [0.4, 0.5) is 11.6 Å². The highest BCUT2D eigenvalue weighted by Crippen LogP contribution is 2.16. The van der Waals surface area contributed by atoms with Crippen molar-refractivity contribution in [3.05, 3.63) is 40.7 Å². The fourth-order valence-corrected chi connectivity index (χ4v) is 1.18. The standard InChI is InChI=1S/C8H7N5O2/c9-8-11-10-5-12(8)6-1-3-7(4-2-6)13(14)15/h1-5H,(H2,9,11). The quantitative estimate of drug-likeness (QED) is 0.576. The lowest BCUT2D eigenvalue weighted by atomic mass is 10.3. The van der Waals surface area contributed by atoms with Gasteiger partial charge in [0.1, 0.15) is 6.33 Å². The van der Waals surface area contributed by atoms with E-state index in [9.17, 15) is 10.1 Å². The summed E-state index contributed by atoms with van der Waals surface area (Å²) in [7, 11) is 0. The number of aromatic nitrogens is 3. The van der Waals surface area contributed by atoms with Crippen molar-refractivity contribution >= 4 is 11.6 Å². The van der Waals surface area contributed by atoms with E-state index in [2.05, 4.69) is 10.2 Å². The molecule has 7 nitrogen and oxygen atoms in total. The highest BCUT2D eigenvalue weighted by Gasteiger charge is 2.06. The predicted octanol–water partition coefficient (Wildman–Crippen LogP) is 0.758. The molecule has 0 fully saturated rings.